The van der Waals surface area contributed by atoms with Crippen LogP contribution in [0.3, 0.4) is 0 Å². The Bertz CT molecular complexity index is 1490. The van der Waals surface area contributed by atoms with Gasteiger partial charge in [0.2, 0.25) is 0 Å². The molecule has 0 saturated carbocycles. The van der Waals surface area contributed by atoms with Crippen molar-refractivity contribution in [2.24, 2.45) is 7.05 Å². The van der Waals surface area contributed by atoms with Gasteiger partial charge >= 0.3 is 0 Å². The minimum Gasteiger partial charge on any atom is -0.336 e. The van der Waals surface area contributed by atoms with Gasteiger partial charge in [-0.1, -0.05) is 11.6 Å². The number of benzene rings is 2. The van der Waals surface area contributed by atoms with Gasteiger partial charge in [-0.2, -0.15) is 10.4 Å². The Morgan fingerprint density at radius 2 is 2.11 bits per heavy atom. The van der Waals surface area contributed by atoms with Crippen LogP contribution in [0.15, 0.2) is 42.6 Å². The second-order valence-corrected chi connectivity index (χ2v) is 8.98. The monoisotopic (exact) mass is 491 g/mol. The third-order valence-electron chi connectivity index (χ3n) is 6.41. The van der Waals surface area contributed by atoms with Crippen molar-refractivity contribution >= 4 is 28.4 Å². The Labute approximate surface area is 206 Å². The fourth-order valence-electron chi connectivity index (χ4n) is 4.49. The van der Waals surface area contributed by atoms with Gasteiger partial charge < -0.3 is 10.2 Å². The van der Waals surface area contributed by atoms with Crippen LogP contribution in [0.4, 0.5) is 4.39 Å². The molecule has 1 N–H and O–H groups in total. The van der Waals surface area contributed by atoms with E-state index in [0.29, 0.717) is 35.3 Å². The predicted molar refractivity (Wildman–Crippen MR) is 131 cm³/mol. The molecule has 178 valence electrons. The van der Waals surface area contributed by atoms with E-state index in [0.717, 1.165) is 23.7 Å². The first-order valence-corrected chi connectivity index (χ1v) is 11.7. The number of fused-ring (bicyclic) bond motifs is 1. The molecule has 1 amide bonds. The molecule has 8 nitrogen and oxygen atoms in total. The van der Waals surface area contributed by atoms with Gasteiger partial charge in [-0.3, -0.25) is 14.0 Å². The van der Waals surface area contributed by atoms with Crippen LogP contribution in [0.5, 0.6) is 0 Å². The summed E-state index contributed by atoms with van der Waals surface area (Å²) in [5.41, 5.74) is 2.09. The summed E-state index contributed by atoms with van der Waals surface area (Å²) in [6, 6.07) is 11.9. The number of likely N-dealkylation sites (tertiary alicyclic amines) is 1. The van der Waals surface area contributed by atoms with Gasteiger partial charge in [0.1, 0.15) is 28.6 Å². The molecule has 10 heteroatoms. The van der Waals surface area contributed by atoms with E-state index in [9.17, 15) is 9.18 Å². The summed E-state index contributed by atoms with van der Waals surface area (Å²) < 4.78 is 17.8. The first-order chi connectivity index (χ1) is 16.9. The number of likely N-dealkylation sites (N-methyl/N-ethyl adjacent to an activating group) is 1. The quantitative estimate of drug-likeness (QED) is 0.467. The van der Waals surface area contributed by atoms with E-state index in [1.54, 1.807) is 33.5 Å². The number of nitrogens with one attached hydrogen (secondary N) is 1. The van der Waals surface area contributed by atoms with Crippen molar-refractivity contribution in [3.05, 3.63) is 64.8 Å². The molecule has 4 aromatic rings. The number of amides is 1. The minimum atomic E-state index is -0.647. The number of aromatic nitrogens is 4. The lowest BCUT2D eigenvalue weighted by atomic mass is 10.1. The van der Waals surface area contributed by atoms with Crippen LogP contribution in [0, 0.1) is 17.1 Å². The Kier molecular flexibility index (Phi) is 6.01. The molecule has 1 aliphatic rings. The molecule has 2 aromatic carbocycles. The zero-order valence-electron chi connectivity index (χ0n) is 19.3. The number of piperidine rings is 1. The zero-order chi connectivity index (χ0) is 24.7. The van der Waals surface area contributed by atoms with Gasteiger partial charge in [-0.25, -0.2) is 9.37 Å². The van der Waals surface area contributed by atoms with Crippen LogP contribution < -0.4 is 5.32 Å². The topological polar surface area (TPSA) is 91.8 Å². The summed E-state index contributed by atoms with van der Waals surface area (Å²) in [4.78, 5) is 19.8. The second kappa shape index (κ2) is 9.13. The maximum Gasteiger partial charge on any atom is 0.274 e. The van der Waals surface area contributed by atoms with Crippen LogP contribution in [0.25, 0.3) is 28.0 Å². The van der Waals surface area contributed by atoms with Gasteiger partial charge in [0.25, 0.3) is 5.91 Å². The number of halogens is 2. The third-order valence-corrected chi connectivity index (χ3v) is 6.86. The van der Waals surface area contributed by atoms with Crippen LogP contribution in [0.1, 0.15) is 28.9 Å². The van der Waals surface area contributed by atoms with Gasteiger partial charge in [0, 0.05) is 49.0 Å². The summed E-state index contributed by atoms with van der Waals surface area (Å²) in [6.07, 6.45) is 3.58. The number of rotatable bonds is 4. The molecular weight excluding hydrogens is 469 g/mol. The maximum atomic E-state index is 14.5. The normalized spacial score (nSPS) is 16.0. The van der Waals surface area contributed by atoms with Crippen molar-refractivity contribution < 1.29 is 9.18 Å². The Balaban J connectivity index is 1.63. The van der Waals surface area contributed by atoms with Gasteiger partial charge in [0.05, 0.1) is 11.1 Å². The highest BCUT2D eigenvalue weighted by Gasteiger charge is 2.27. The summed E-state index contributed by atoms with van der Waals surface area (Å²) >= 11 is 6.43. The standard InChI is InChI=1S/C25H23ClFN7O/c1-29-17-4-3-9-33(13-17)25(35)22-14-34(18-7-8-21-19(11-18)23(26)32(2)31-21)24(30-22)15-5-6-16(12-28)20(27)10-15/h5-8,10-11,14,17,29H,3-4,9,13H2,1-2H3/t17-/m0/s1. The molecule has 0 aliphatic carbocycles. The Morgan fingerprint density at radius 1 is 1.29 bits per heavy atom. The molecule has 1 fully saturated rings. The lowest BCUT2D eigenvalue weighted by Crippen LogP contribution is -2.47. The molecule has 5 rings (SSSR count). The van der Waals surface area contributed by atoms with Crippen LogP contribution in [-0.2, 0) is 7.05 Å². The number of nitrogens with zero attached hydrogens (tertiary/aromatic N) is 6. The maximum absolute atomic E-state index is 14.5. The lowest BCUT2D eigenvalue weighted by molar-refractivity contribution is 0.0693. The second-order valence-electron chi connectivity index (χ2n) is 8.62. The zero-order valence-corrected chi connectivity index (χ0v) is 20.1. The SMILES string of the molecule is CN[C@H]1CCCN(C(=O)c2cn(-c3ccc4nn(C)c(Cl)c4c3)c(-c3ccc(C#N)c(F)c3)n2)C1. The summed E-state index contributed by atoms with van der Waals surface area (Å²) in [5.74, 6) is -0.441. The average Bonchev–Trinajstić information content (AvgIpc) is 3.44. The van der Waals surface area contributed by atoms with Crippen molar-refractivity contribution in [2.75, 3.05) is 20.1 Å². The van der Waals surface area contributed by atoms with E-state index in [2.05, 4.69) is 15.4 Å². The fraction of sp³-hybridized carbons (Fsp3) is 0.280. The molecule has 0 bridgehead atoms. The van der Waals surface area contributed by atoms with Crippen LogP contribution in [0.2, 0.25) is 5.15 Å². The van der Waals surface area contributed by atoms with Crippen LogP contribution >= 0.6 is 11.6 Å². The number of aryl methyl sites for hydroxylation is 1. The Morgan fingerprint density at radius 3 is 2.86 bits per heavy atom. The summed E-state index contributed by atoms with van der Waals surface area (Å²) in [6.45, 7) is 1.25. The number of carbonyl (C=O) groups is 1. The number of hydrogen-bond acceptors (Lipinski definition) is 5. The van der Waals surface area contributed by atoms with E-state index in [1.165, 1.54) is 12.1 Å². The molecular formula is C25H23ClFN7O. The first kappa shape index (κ1) is 23.0. The number of nitriles is 1. The molecule has 0 unspecified atom stereocenters. The molecule has 1 atom stereocenters. The summed E-state index contributed by atoms with van der Waals surface area (Å²) in [7, 11) is 3.66. The van der Waals surface area contributed by atoms with Crippen molar-refractivity contribution in [3.8, 4) is 23.1 Å². The van der Waals surface area contributed by atoms with Gasteiger partial charge in [-0.15, -0.1) is 0 Å². The third kappa shape index (κ3) is 4.16. The predicted octanol–water partition coefficient (Wildman–Crippen LogP) is 3.91. The molecule has 0 spiro atoms. The Hall–Kier alpha value is -3.74. The molecule has 35 heavy (non-hydrogen) atoms. The van der Waals surface area contributed by atoms with Crippen molar-refractivity contribution in [1.29, 1.82) is 5.26 Å². The van der Waals surface area contributed by atoms with Crippen LogP contribution in [-0.4, -0.2) is 56.3 Å². The number of carbonyl (C=O) groups excluding carboxylic acids is 1. The molecule has 0 radical (unpaired) electrons. The largest absolute Gasteiger partial charge is 0.336 e. The number of imidazole rings is 1. The van der Waals surface area contributed by atoms with E-state index in [4.69, 9.17) is 16.9 Å². The minimum absolute atomic E-state index is 0.0573. The lowest BCUT2D eigenvalue weighted by Gasteiger charge is -2.32. The van der Waals surface area contributed by atoms with E-state index in [-0.39, 0.29) is 23.2 Å². The van der Waals surface area contributed by atoms with E-state index >= 15 is 0 Å². The molecule has 3 heterocycles. The molecule has 2 aromatic heterocycles. The highest BCUT2D eigenvalue weighted by atomic mass is 35.5. The highest BCUT2D eigenvalue weighted by Crippen LogP contribution is 2.30. The van der Waals surface area contributed by atoms with E-state index < -0.39 is 5.82 Å². The fourth-order valence-corrected chi connectivity index (χ4v) is 4.68. The number of hydrogen-bond donors (Lipinski definition) is 1. The van der Waals surface area contributed by atoms with Gasteiger partial charge in [0.15, 0.2) is 0 Å². The van der Waals surface area contributed by atoms with Gasteiger partial charge in [-0.05, 0) is 56.3 Å². The first-order valence-electron chi connectivity index (χ1n) is 11.3. The molecule has 1 aliphatic heterocycles. The smallest absolute Gasteiger partial charge is 0.274 e. The average molecular weight is 492 g/mol. The van der Waals surface area contributed by atoms with Crippen molar-refractivity contribution in [2.45, 2.75) is 18.9 Å². The van der Waals surface area contributed by atoms with Crippen molar-refractivity contribution in [3.63, 3.8) is 0 Å². The summed E-state index contributed by atoms with van der Waals surface area (Å²) in [5, 5.41) is 18.0. The molecule has 1 saturated heterocycles. The highest BCUT2D eigenvalue weighted by molar-refractivity contribution is 6.34. The van der Waals surface area contributed by atoms with E-state index in [1.807, 2.05) is 31.3 Å². The van der Waals surface area contributed by atoms with Crippen molar-refractivity contribution in [1.82, 2.24) is 29.5 Å².